The third kappa shape index (κ3) is 5.52. The molecule has 2 aromatic carbocycles. The van der Waals surface area contributed by atoms with Gasteiger partial charge in [0.15, 0.2) is 0 Å². The Bertz CT molecular complexity index is 1270. The van der Waals surface area contributed by atoms with Crippen LogP contribution in [0.3, 0.4) is 0 Å². The average Bonchev–Trinajstić information content (AvgIpc) is 3.19. The summed E-state index contributed by atoms with van der Waals surface area (Å²) in [6.07, 6.45) is 2.61. The lowest BCUT2D eigenvalue weighted by Gasteiger charge is -2.44. The van der Waals surface area contributed by atoms with Crippen LogP contribution in [0.25, 0.3) is 16.5 Å². The molecule has 1 aliphatic heterocycles. The highest BCUT2D eigenvalue weighted by Gasteiger charge is 2.39. The van der Waals surface area contributed by atoms with Crippen LogP contribution in [-0.4, -0.2) is 34.2 Å². The van der Waals surface area contributed by atoms with Gasteiger partial charge in [0.05, 0.1) is 6.04 Å². The Kier molecular flexibility index (Phi) is 6.93. The molecule has 0 aliphatic carbocycles. The van der Waals surface area contributed by atoms with E-state index in [0.717, 1.165) is 45.9 Å². The van der Waals surface area contributed by atoms with Gasteiger partial charge in [-0.2, -0.15) is 0 Å². The van der Waals surface area contributed by atoms with Crippen LogP contribution in [0, 0.1) is 18.6 Å². The third-order valence-corrected chi connectivity index (χ3v) is 7.28. The summed E-state index contributed by atoms with van der Waals surface area (Å²) in [5.41, 5.74) is 1.14. The quantitative estimate of drug-likeness (QED) is 0.365. The number of benzene rings is 2. The van der Waals surface area contributed by atoms with E-state index in [1.54, 1.807) is 11.3 Å². The number of aliphatic carboxylic acids is 1. The summed E-state index contributed by atoms with van der Waals surface area (Å²) in [4.78, 5) is 15.0. The molecule has 0 saturated carbocycles. The molecule has 0 bridgehead atoms. The van der Waals surface area contributed by atoms with Gasteiger partial charge in [-0.05, 0) is 92.8 Å². The minimum absolute atomic E-state index is 0.00366. The summed E-state index contributed by atoms with van der Waals surface area (Å²) < 4.78 is 45.8. The SMILES string of the molecule is Cc1ccc(-c2ccc3c(c2)C[C@H](C)N(CC(C)(C)F)[C@H]3c2c(F)cc(/C=C/C(=O)O)cc2F)s1. The summed E-state index contributed by atoms with van der Waals surface area (Å²) in [7, 11) is 0. The third-order valence-electron chi connectivity index (χ3n) is 6.23. The van der Waals surface area contributed by atoms with E-state index in [4.69, 9.17) is 5.11 Å². The van der Waals surface area contributed by atoms with E-state index in [-0.39, 0.29) is 23.7 Å². The fraction of sp³-hybridized carbons (Fsp3) is 0.321. The van der Waals surface area contributed by atoms with Crippen molar-refractivity contribution in [2.24, 2.45) is 0 Å². The number of thiophene rings is 1. The molecule has 1 aliphatic rings. The Morgan fingerprint density at radius 2 is 1.86 bits per heavy atom. The molecule has 184 valence electrons. The van der Waals surface area contributed by atoms with Crippen molar-refractivity contribution in [3.8, 4) is 10.4 Å². The Hall–Kier alpha value is -2.90. The second-order valence-electron chi connectivity index (χ2n) is 9.74. The topological polar surface area (TPSA) is 40.5 Å². The van der Waals surface area contributed by atoms with E-state index < -0.39 is 29.3 Å². The number of nitrogens with zero attached hydrogens (tertiary/aromatic N) is 1. The van der Waals surface area contributed by atoms with Gasteiger partial charge >= 0.3 is 5.97 Å². The Morgan fingerprint density at radius 3 is 2.43 bits per heavy atom. The zero-order valence-electron chi connectivity index (χ0n) is 20.1. The predicted octanol–water partition coefficient (Wildman–Crippen LogP) is 7.18. The van der Waals surface area contributed by atoms with Crippen LogP contribution in [0.4, 0.5) is 13.2 Å². The molecule has 1 aromatic heterocycles. The number of carboxylic acids is 1. The minimum Gasteiger partial charge on any atom is -0.478 e. The van der Waals surface area contributed by atoms with Gasteiger partial charge in [-0.3, -0.25) is 4.90 Å². The highest BCUT2D eigenvalue weighted by Crippen LogP contribution is 2.43. The first kappa shape index (κ1) is 25.2. The number of carbonyl (C=O) groups is 1. The number of rotatable bonds is 6. The first-order valence-corrected chi connectivity index (χ1v) is 12.3. The number of fused-ring (bicyclic) bond motifs is 1. The second kappa shape index (κ2) is 9.63. The fourth-order valence-electron chi connectivity index (χ4n) is 4.79. The van der Waals surface area contributed by atoms with E-state index >= 15 is 8.78 Å². The summed E-state index contributed by atoms with van der Waals surface area (Å²) in [6.45, 7) is 6.91. The molecule has 0 saturated heterocycles. The zero-order chi connectivity index (χ0) is 25.5. The van der Waals surface area contributed by atoms with Crippen LogP contribution in [0.1, 0.15) is 53.9 Å². The smallest absolute Gasteiger partial charge is 0.328 e. The number of carboxylic acid groups (broad SMARTS) is 1. The highest BCUT2D eigenvalue weighted by molar-refractivity contribution is 7.15. The molecule has 0 fully saturated rings. The maximum Gasteiger partial charge on any atom is 0.328 e. The van der Waals surface area contributed by atoms with E-state index in [9.17, 15) is 9.18 Å². The van der Waals surface area contributed by atoms with Crippen molar-refractivity contribution in [1.29, 1.82) is 0 Å². The van der Waals surface area contributed by atoms with Crippen LogP contribution in [0.2, 0.25) is 0 Å². The van der Waals surface area contributed by atoms with Crippen LogP contribution in [0.15, 0.2) is 48.5 Å². The van der Waals surface area contributed by atoms with Crippen molar-refractivity contribution >= 4 is 23.4 Å². The standard InChI is InChI=1S/C28H28F3NO2S/c1-16-11-20-14-19(24-9-5-17(2)35-24)7-8-21(20)27(32(16)15-28(3,4)31)26-22(29)12-18(13-23(26)30)6-10-25(33)34/h5-10,12-14,16,27H,11,15H2,1-4H3,(H,33,34)/b10-6+/t16-,27+/m0/s1. The summed E-state index contributed by atoms with van der Waals surface area (Å²) >= 11 is 1.68. The van der Waals surface area contributed by atoms with Gasteiger partial charge in [-0.25, -0.2) is 18.0 Å². The average molecular weight is 500 g/mol. The summed E-state index contributed by atoms with van der Waals surface area (Å²) in [5, 5.41) is 8.84. The van der Waals surface area contributed by atoms with Crippen molar-refractivity contribution < 1.29 is 23.1 Å². The van der Waals surface area contributed by atoms with Gasteiger partial charge in [0.25, 0.3) is 0 Å². The van der Waals surface area contributed by atoms with Crippen molar-refractivity contribution in [3.63, 3.8) is 0 Å². The first-order valence-electron chi connectivity index (χ1n) is 11.5. The lowest BCUT2D eigenvalue weighted by Crippen LogP contribution is -2.48. The highest BCUT2D eigenvalue weighted by atomic mass is 32.1. The van der Waals surface area contributed by atoms with Gasteiger partial charge in [-0.15, -0.1) is 11.3 Å². The Labute approximate surface area is 207 Å². The molecule has 0 unspecified atom stereocenters. The van der Waals surface area contributed by atoms with E-state index in [1.807, 2.05) is 30.9 Å². The van der Waals surface area contributed by atoms with Crippen LogP contribution >= 0.6 is 11.3 Å². The summed E-state index contributed by atoms with van der Waals surface area (Å²) in [6, 6.07) is 11.3. The molecule has 2 heterocycles. The Morgan fingerprint density at radius 1 is 1.17 bits per heavy atom. The van der Waals surface area contributed by atoms with Crippen molar-refractivity contribution in [2.75, 3.05) is 6.54 Å². The monoisotopic (exact) mass is 499 g/mol. The molecule has 1 N–H and O–H groups in total. The molecular formula is C28H28F3NO2S. The molecular weight excluding hydrogens is 471 g/mol. The molecule has 7 heteroatoms. The maximum absolute atomic E-state index is 15.5. The number of alkyl halides is 1. The van der Waals surface area contributed by atoms with Crippen LogP contribution in [0.5, 0.6) is 0 Å². The molecule has 3 nitrogen and oxygen atoms in total. The van der Waals surface area contributed by atoms with Crippen LogP contribution in [-0.2, 0) is 11.2 Å². The maximum atomic E-state index is 15.5. The number of halogens is 3. The van der Waals surface area contributed by atoms with Gasteiger partial charge < -0.3 is 5.11 Å². The lowest BCUT2D eigenvalue weighted by molar-refractivity contribution is -0.131. The number of aryl methyl sites for hydroxylation is 1. The van der Waals surface area contributed by atoms with E-state index in [1.165, 1.54) is 18.7 Å². The summed E-state index contributed by atoms with van der Waals surface area (Å²) in [5.74, 6) is -2.79. The Balaban J connectivity index is 1.86. The molecule has 3 aromatic rings. The van der Waals surface area contributed by atoms with E-state index in [0.29, 0.717) is 6.42 Å². The molecule has 0 spiro atoms. The largest absolute Gasteiger partial charge is 0.478 e. The second-order valence-corrected chi connectivity index (χ2v) is 11.0. The lowest BCUT2D eigenvalue weighted by atomic mass is 9.82. The van der Waals surface area contributed by atoms with Crippen LogP contribution < -0.4 is 0 Å². The van der Waals surface area contributed by atoms with Gasteiger partial charge in [0.1, 0.15) is 17.3 Å². The normalized spacial score (nSPS) is 18.7. The van der Waals surface area contributed by atoms with Crippen molar-refractivity contribution in [3.05, 3.63) is 87.3 Å². The van der Waals surface area contributed by atoms with Gasteiger partial charge in [0.2, 0.25) is 0 Å². The molecule has 35 heavy (non-hydrogen) atoms. The molecule has 0 radical (unpaired) electrons. The van der Waals surface area contributed by atoms with Crippen molar-refractivity contribution in [1.82, 2.24) is 4.90 Å². The fourth-order valence-corrected chi connectivity index (χ4v) is 5.66. The molecule has 4 rings (SSSR count). The van der Waals surface area contributed by atoms with Crippen molar-refractivity contribution in [2.45, 2.75) is 51.9 Å². The minimum atomic E-state index is -1.57. The van der Waals surface area contributed by atoms with E-state index in [2.05, 4.69) is 18.2 Å². The number of hydrogen-bond acceptors (Lipinski definition) is 3. The van der Waals surface area contributed by atoms with Gasteiger partial charge in [0, 0.05) is 34.0 Å². The first-order chi connectivity index (χ1) is 16.4. The predicted molar refractivity (Wildman–Crippen MR) is 134 cm³/mol. The zero-order valence-corrected chi connectivity index (χ0v) is 20.9. The molecule has 0 amide bonds. The van der Waals surface area contributed by atoms with Gasteiger partial charge in [-0.1, -0.05) is 12.1 Å². The molecule has 2 atom stereocenters. The number of hydrogen-bond donors (Lipinski definition) is 1.